The predicted molar refractivity (Wildman–Crippen MR) is 75.5 cm³/mol. The fourth-order valence-corrected chi connectivity index (χ4v) is 3.96. The van der Waals surface area contributed by atoms with E-state index in [1.54, 1.807) is 7.11 Å². The first-order valence-corrected chi connectivity index (χ1v) is 7.59. The maximum Gasteiger partial charge on any atom is 0.101 e. The molecule has 2 heterocycles. The van der Waals surface area contributed by atoms with Crippen molar-refractivity contribution in [2.24, 2.45) is 5.92 Å². The van der Waals surface area contributed by atoms with Gasteiger partial charge in [-0.2, -0.15) is 0 Å². The molecule has 2 aliphatic heterocycles. The fourth-order valence-electron chi connectivity index (χ4n) is 3.96. The SMILES string of the molecule is CO[C@@H]1[C@H](O)CC[C@]2(CO2)[C@H]1[C@]1(C)O[C@@H]1CC=C(C)C. The molecule has 2 saturated heterocycles. The van der Waals surface area contributed by atoms with Crippen molar-refractivity contribution in [3.8, 4) is 0 Å². The normalized spacial score (nSPS) is 50.0. The van der Waals surface area contributed by atoms with E-state index in [1.165, 1.54) is 5.57 Å². The van der Waals surface area contributed by atoms with Crippen LogP contribution in [0, 0.1) is 5.92 Å². The van der Waals surface area contributed by atoms with Crippen LogP contribution < -0.4 is 0 Å². The van der Waals surface area contributed by atoms with E-state index in [1.807, 2.05) is 0 Å². The van der Waals surface area contributed by atoms with Gasteiger partial charge in [0.1, 0.15) is 5.60 Å². The molecule has 0 bridgehead atoms. The Bertz CT molecular complexity index is 411. The highest BCUT2D eigenvalue weighted by atomic mass is 16.6. The lowest BCUT2D eigenvalue weighted by molar-refractivity contribution is -0.116. The Balaban J connectivity index is 1.78. The molecular weight excluding hydrogens is 256 g/mol. The van der Waals surface area contributed by atoms with Crippen molar-refractivity contribution in [2.75, 3.05) is 13.7 Å². The molecule has 114 valence electrons. The second-order valence-electron chi connectivity index (χ2n) is 6.94. The summed E-state index contributed by atoms with van der Waals surface area (Å²) in [7, 11) is 1.68. The molecule has 20 heavy (non-hydrogen) atoms. The van der Waals surface area contributed by atoms with Crippen LogP contribution in [0.25, 0.3) is 0 Å². The Morgan fingerprint density at radius 3 is 2.70 bits per heavy atom. The van der Waals surface area contributed by atoms with E-state index in [2.05, 4.69) is 26.8 Å². The molecule has 0 unspecified atom stereocenters. The third kappa shape index (κ3) is 2.23. The molecule has 4 nitrogen and oxygen atoms in total. The molecule has 0 aromatic carbocycles. The van der Waals surface area contributed by atoms with E-state index in [0.29, 0.717) is 0 Å². The summed E-state index contributed by atoms with van der Waals surface area (Å²) in [5.74, 6) is 0.124. The Kier molecular flexibility index (Phi) is 3.49. The molecule has 1 saturated carbocycles. The van der Waals surface area contributed by atoms with Gasteiger partial charge in [-0.1, -0.05) is 11.6 Å². The smallest absolute Gasteiger partial charge is 0.101 e. The van der Waals surface area contributed by atoms with Gasteiger partial charge in [-0.25, -0.2) is 0 Å². The van der Waals surface area contributed by atoms with E-state index in [4.69, 9.17) is 14.2 Å². The Morgan fingerprint density at radius 2 is 2.15 bits per heavy atom. The lowest BCUT2D eigenvalue weighted by atomic mass is 9.68. The number of ether oxygens (including phenoxy) is 3. The second kappa shape index (κ2) is 4.80. The molecule has 1 spiro atoms. The number of rotatable bonds is 4. The number of epoxide rings is 2. The summed E-state index contributed by atoms with van der Waals surface area (Å²) in [6, 6.07) is 0. The lowest BCUT2D eigenvalue weighted by Crippen LogP contribution is -2.54. The first-order valence-electron chi connectivity index (χ1n) is 7.59. The van der Waals surface area contributed by atoms with Gasteiger partial charge in [-0.15, -0.1) is 0 Å². The lowest BCUT2D eigenvalue weighted by Gasteiger charge is -2.41. The molecule has 0 radical (unpaired) electrons. The average molecular weight is 282 g/mol. The van der Waals surface area contributed by atoms with Crippen molar-refractivity contribution < 1.29 is 19.3 Å². The summed E-state index contributed by atoms with van der Waals surface area (Å²) in [5, 5.41) is 10.2. The van der Waals surface area contributed by atoms with Crippen molar-refractivity contribution in [3.63, 3.8) is 0 Å². The number of methoxy groups -OCH3 is 1. The number of aliphatic hydroxyl groups excluding tert-OH is 1. The highest BCUT2D eigenvalue weighted by molar-refractivity contribution is 5.20. The average Bonchev–Trinajstić information content (AvgIpc) is 3.29. The van der Waals surface area contributed by atoms with Gasteiger partial charge >= 0.3 is 0 Å². The molecule has 1 N–H and O–H groups in total. The van der Waals surface area contributed by atoms with Crippen LogP contribution in [0.2, 0.25) is 0 Å². The molecule has 3 rings (SSSR count). The molecule has 6 atom stereocenters. The Labute approximate surface area is 121 Å². The maximum absolute atomic E-state index is 10.2. The zero-order valence-corrected chi connectivity index (χ0v) is 12.9. The van der Waals surface area contributed by atoms with Gasteiger partial charge in [0.15, 0.2) is 0 Å². The molecule has 1 aliphatic carbocycles. The molecule has 3 aliphatic rings. The van der Waals surface area contributed by atoms with Crippen LogP contribution >= 0.6 is 0 Å². The minimum Gasteiger partial charge on any atom is -0.390 e. The molecular formula is C16H26O4. The van der Waals surface area contributed by atoms with Crippen molar-refractivity contribution in [1.29, 1.82) is 0 Å². The van der Waals surface area contributed by atoms with Gasteiger partial charge < -0.3 is 19.3 Å². The number of aliphatic hydroxyl groups is 1. The highest BCUT2D eigenvalue weighted by Gasteiger charge is 2.71. The van der Waals surface area contributed by atoms with Crippen LogP contribution in [-0.4, -0.2) is 48.3 Å². The van der Waals surface area contributed by atoms with Crippen LogP contribution in [-0.2, 0) is 14.2 Å². The predicted octanol–water partition coefficient (Wildman–Crippen LogP) is 2.06. The minimum atomic E-state index is -0.412. The van der Waals surface area contributed by atoms with E-state index in [0.717, 1.165) is 25.9 Å². The van der Waals surface area contributed by atoms with Gasteiger partial charge in [0, 0.05) is 7.11 Å². The summed E-state index contributed by atoms with van der Waals surface area (Å²) in [4.78, 5) is 0. The van der Waals surface area contributed by atoms with Crippen LogP contribution in [0.3, 0.4) is 0 Å². The summed E-state index contributed by atoms with van der Waals surface area (Å²) in [6.45, 7) is 7.13. The zero-order chi connectivity index (χ0) is 14.5. The van der Waals surface area contributed by atoms with Gasteiger partial charge in [0.25, 0.3) is 0 Å². The minimum absolute atomic E-state index is 0.117. The van der Waals surface area contributed by atoms with Crippen molar-refractivity contribution in [1.82, 2.24) is 0 Å². The number of hydrogen-bond donors (Lipinski definition) is 1. The van der Waals surface area contributed by atoms with Gasteiger partial charge in [-0.3, -0.25) is 0 Å². The summed E-state index contributed by atoms with van der Waals surface area (Å²) < 4.78 is 17.4. The maximum atomic E-state index is 10.2. The molecule has 0 aromatic rings. The molecule has 0 amide bonds. The van der Waals surface area contributed by atoms with Crippen LogP contribution in [0.5, 0.6) is 0 Å². The third-order valence-electron chi connectivity index (χ3n) is 5.26. The quantitative estimate of drug-likeness (QED) is 0.633. The van der Waals surface area contributed by atoms with Crippen molar-refractivity contribution in [3.05, 3.63) is 11.6 Å². The molecule has 3 fully saturated rings. The fraction of sp³-hybridized carbons (Fsp3) is 0.875. The standard InChI is InChI=1S/C16H26O4/c1-10(2)5-6-12-15(3,20-12)14-13(18-4)11(17)7-8-16(14)9-19-16/h5,11-14,17H,6-9H2,1-4H3/t11-,12-,13-,14-,15-,16+/m1/s1. The third-order valence-corrected chi connectivity index (χ3v) is 5.26. The molecule has 4 heteroatoms. The van der Waals surface area contributed by atoms with Gasteiger partial charge in [0.2, 0.25) is 0 Å². The topological polar surface area (TPSA) is 54.5 Å². The van der Waals surface area contributed by atoms with E-state index >= 15 is 0 Å². The van der Waals surface area contributed by atoms with E-state index < -0.39 is 6.10 Å². The zero-order valence-electron chi connectivity index (χ0n) is 12.9. The van der Waals surface area contributed by atoms with E-state index in [-0.39, 0.29) is 29.3 Å². The summed E-state index contributed by atoms with van der Waals surface area (Å²) in [5.41, 5.74) is 0.964. The van der Waals surface area contributed by atoms with Crippen molar-refractivity contribution in [2.45, 2.75) is 69.5 Å². The van der Waals surface area contributed by atoms with Crippen LogP contribution in [0.15, 0.2) is 11.6 Å². The van der Waals surface area contributed by atoms with E-state index in [9.17, 15) is 5.11 Å². The van der Waals surface area contributed by atoms with Crippen molar-refractivity contribution >= 4 is 0 Å². The van der Waals surface area contributed by atoms with Crippen LogP contribution in [0.4, 0.5) is 0 Å². The van der Waals surface area contributed by atoms with Gasteiger partial charge in [-0.05, 0) is 40.0 Å². The van der Waals surface area contributed by atoms with Crippen LogP contribution in [0.1, 0.15) is 40.0 Å². The summed E-state index contributed by atoms with van der Waals surface area (Å²) >= 11 is 0. The first kappa shape index (κ1) is 14.5. The molecule has 0 aromatic heterocycles. The number of allylic oxidation sites excluding steroid dienone is 1. The monoisotopic (exact) mass is 282 g/mol. The Morgan fingerprint density at radius 1 is 1.45 bits per heavy atom. The summed E-state index contributed by atoms with van der Waals surface area (Å²) in [6.07, 6.45) is 4.43. The second-order valence-corrected chi connectivity index (χ2v) is 6.94. The largest absolute Gasteiger partial charge is 0.390 e. The van der Waals surface area contributed by atoms with Gasteiger partial charge in [0.05, 0.1) is 36.4 Å². The highest BCUT2D eigenvalue weighted by Crippen LogP contribution is 2.59. The Hall–Kier alpha value is -0.420. The number of hydrogen-bond acceptors (Lipinski definition) is 4. The first-order chi connectivity index (χ1) is 9.43.